The van der Waals surface area contributed by atoms with Gasteiger partial charge in [-0.15, -0.1) is 11.3 Å². The van der Waals surface area contributed by atoms with E-state index in [0.29, 0.717) is 5.92 Å². The summed E-state index contributed by atoms with van der Waals surface area (Å²) in [5.74, 6) is 1.45. The van der Waals surface area contributed by atoms with Crippen LogP contribution in [0.15, 0.2) is 10.9 Å². The molecule has 2 aromatic rings. The Kier molecular flexibility index (Phi) is 2.54. The average molecular weight is 248 g/mol. The number of aromatic nitrogens is 2. The molecule has 0 saturated heterocycles. The van der Waals surface area contributed by atoms with Gasteiger partial charge >= 0.3 is 0 Å². The lowest BCUT2D eigenvalue weighted by Crippen LogP contribution is -2.27. The predicted molar refractivity (Wildman–Crippen MR) is 70.9 cm³/mol. The number of nitrogens with zero attached hydrogens (tertiary/aromatic N) is 2. The van der Waals surface area contributed by atoms with Gasteiger partial charge in [-0.05, 0) is 24.8 Å². The Bertz CT molecular complexity index is 624. The van der Waals surface area contributed by atoms with Crippen molar-refractivity contribution < 1.29 is 0 Å². The molecule has 3 nitrogen and oxygen atoms in total. The Hall–Kier alpha value is -1.16. The van der Waals surface area contributed by atoms with Crippen LogP contribution in [0.3, 0.4) is 0 Å². The highest BCUT2D eigenvalue weighted by Crippen LogP contribution is 2.28. The zero-order valence-electron chi connectivity index (χ0n) is 10.2. The van der Waals surface area contributed by atoms with E-state index >= 15 is 0 Å². The maximum Gasteiger partial charge on any atom is 0.262 e. The van der Waals surface area contributed by atoms with Gasteiger partial charge in [0.2, 0.25) is 0 Å². The van der Waals surface area contributed by atoms with Gasteiger partial charge in [0.05, 0.1) is 5.39 Å². The van der Waals surface area contributed by atoms with E-state index in [1.54, 1.807) is 11.3 Å². The molecule has 0 radical (unpaired) electrons. The van der Waals surface area contributed by atoms with Crippen LogP contribution in [0.5, 0.6) is 0 Å². The first-order valence-corrected chi connectivity index (χ1v) is 7.01. The van der Waals surface area contributed by atoms with E-state index in [2.05, 4.69) is 18.8 Å². The van der Waals surface area contributed by atoms with Crippen LogP contribution >= 0.6 is 11.3 Å². The summed E-state index contributed by atoms with van der Waals surface area (Å²) < 4.78 is 1.86. The summed E-state index contributed by atoms with van der Waals surface area (Å²) in [5.41, 5.74) is 0.160. The van der Waals surface area contributed by atoms with Crippen molar-refractivity contribution in [3.05, 3.63) is 27.1 Å². The lowest BCUT2D eigenvalue weighted by Gasteiger charge is -2.16. The first kappa shape index (κ1) is 11.0. The second-order valence-corrected chi connectivity index (χ2v) is 6.03. The highest BCUT2D eigenvalue weighted by Gasteiger charge is 2.17. The number of fused-ring (bicyclic) bond motifs is 2. The lowest BCUT2D eigenvalue weighted by atomic mass is 10.1. The van der Waals surface area contributed by atoms with Crippen molar-refractivity contribution in [1.29, 1.82) is 0 Å². The van der Waals surface area contributed by atoms with Crippen molar-refractivity contribution in [2.45, 2.75) is 45.6 Å². The summed E-state index contributed by atoms with van der Waals surface area (Å²) in [6.45, 7) is 5.15. The molecule has 0 bridgehead atoms. The Labute approximate surface area is 104 Å². The maximum absolute atomic E-state index is 12.3. The molecule has 2 aromatic heterocycles. The van der Waals surface area contributed by atoms with Crippen LogP contribution in [0.25, 0.3) is 10.2 Å². The minimum atomic E-state index is 0.160. The number of thiophene rings is 1. The highest BCUT2D eigenvalue weighted by atomic mass is 32.1. The minimum absolute atomic E-state index is 0.160. The van der Waals surface area contributed by atoms with E-state index in [1.807, 2.05) is 10.6 Å². The van der Waals surface area contributed by atoms with Gasteiger partial charge in [0.25, 0.3) is 5.56 Å². The Morgan fingerprint density at radius 3 is 3.00 bits per heavy atom. The fourth-order valence-corrected chi connectivity index (χ4v) is 3.38. The molecule has 90 valence electrons. The van der Waals surface area contributed by atoms with E-state index in [4.69, 9.17) is 0 Å². The predicted octanol–water partition coefficient (Wildman–Crippen LogP) is 2.92. The van der Waals surface area contributed by atoms with E-state index in [1.165, 1.54) is 4.88 Å². The van der Waals surface area contributed by atoms with Crippen LogP contribution in [0.4, 0.5) is 0 Å². The number of hydrogen-bond donors (Lipinski definition) is 0. The molecule has 17 heavy (non-hydrogen) atoms. The molecule has 0 atom stereocenters. The van der Waals surface area contributed by atoms with Crippen molar-refractivity contribution >= 4 is 21.6 Å². The van der Waals surface area contributed by atoms with Gasteiger partial charge in [0, 0.05) is 17.8 Å². The molecule has 0 aliphatic carbocycles. The SMILES string of the molecule is CC(C)c1cc2c(=O)n3c(nc2s1)CCCC3. The third-order valence-corrected chi connectivity index (χ3v) is 4.68. The number of hydrogen-bond acceptors (Lipinski definition) is 3. The minimum Gasteiger partial charge on any atom is -0.296 e. The van der Waals surface area contributed by atoms with E-state index in [0.717, 1.165) is 41.8 Å². The molecule has 1 aliphatic rings. The molecule has 0 saturated carbocycles. The van der Waals surface area contributed by atoms with Gasteiger partial charge in [-0.25, -0.2) is 4.98 Å². The molecule has 1 aliphatic heterocycles. The standard InChI is InChI=1S/C13H16N2OS/c1-8(2)10-7-9-12(17-10)14-11-5-3-4-6-15(11)13(9)16/h7-8H,3-6H2,1-2H3. The van der Waals surface area contributed by atoms with Crippen molar-refractivity contribution in [2.24, 2.45) is 0 Å². The maximum atomic E-state index is 12.3. The summed E-state index contributed by atoms with van der Waals surface area (Å²) >= 11 is 1.67. The Balaban J connectivity index is 2.29. The number of aryl methyl sites for hydroxylation is 1. The Morgan fingerprint density at radius 1 is 1.41 bits per heavy atom. The second kappa shape index (κ2) is 3.95. The zero-order valence-corrected chi connectivity index (χ0v) is 11.0. The van der Waals surface area contributed by atoms with Crippen molar-refractivity contribution in [2.75, 3.05) is 0 Å². The summed E-state index contributed by atoms with van der Waals surface area (Å²) in [6, 6.07) is 2.03. The molecule has 0 unspecified atom stereocenters. The third kappa shape index (κ3) is 1.71. The normalized spacial score (nSPS) is 15.5. The lowest BCUT2D eigenvalue weighted by molar-refractivity contribution is 0.501. The van der Waals surface area contributed by atoms with Gasteiger partial charge in [-0.1, -0.05) is 13.8 Å². The fourth-order valence-electron chi connectivity index (χ4n) is 2.34. The van der Waals surface area contributed by atoms with Gasteiger partial charge in [-0.3, -0.25) is 9.36 Å². The topological polar surface area (TPSA) is 34.9 Å². The molecule has 0 amide bonds. The van der Waals surface area contributed by atoms with Crippen LogP contribution in [-0.2, 0) is 13.0 Å². The quantitative estimate of drug-likeness (QED) is 0.777. The highest BCUT2D eigenvalue weighted by molar-refractivity contribution is 7.18. The zero-order chi connectivity index (χ0) is 12.0. The fraction of sp³-hybridized carbons (Fsp3) is 0.538. The summed E-state index contributed by atoms with van der Waals surface area (Å²) in [6.07, 6.45) is 3.20. The van der Waals surface area contributed by atoms with Crippen LogP contribution in [0.1, 0.15) is 43.3 Å². The van der Waals surface area contributed by atoms with Crippen LogP contribution in [0.2, 0.25) is 0 Å². The van der Waals surface area contributed by atoms with Crippen molar-refractivity contribution in [1.82, 2.24) is 9.55 Å². The van der Waals surface area contributed by atoms with Gasteiger partial charge < -0.3 is 0 Å². The van der Waals surface area contributed by atoms with Crippen LogP contribution < -0.4 is 5.56 Å². The molecule has 0 fully saturated rings. The van der Waals surface area contributed by atoms with Gasteiger partial charge in [0.15, 0.2) is 0 Å². The molecule has 3 rings (SSSR count). The average Bonchev–Trinajstić information content (AvgIpc) is 2.74. The molecule has 3 heterocycles. The van der Waals surface area contributed by atoms with Gasteiger partial charge in [0.1, 0.15) is 10.7 Å². The monoisotopic (exact) mass is 248 g/mol. The Morgan fingerprint density at radius 2 is 2.24 bits per heavy atom. The molecule has 0 aromatic carbocycles. The molecule has 0 N–H and O–H groups in total. The van der Waals surface area contributed by atoms with Crippen molar-refractivity contribution in [3.8, 4) is 0 Å². The van der Waals surface area contributed by atoms with E-state index in [9.17, 15) is 4.79 Å². The van der Waals surface area contributed by atoms with E-state index in [-0.39, 0.29) is 5.56 Å². The van der Waals surface area contributed by atoms with E-state index < -0.39 is 0 Å². The molecular weight excluding hydrogens is 232 g/mol. The molecular formula is C13H16N2OS. The summed E-state index contributed by atoms with van der Waals surface area (Å²) in [4.78, 5) is 19.2. The smallest absolute Gasteiger partial charge is 0.262 e. The second-order valence-electron chi connectivity index (χ2n) is 4.96. The number of rotatable bonds is 1. The first-order valence-electron chi connectivity index (χ1n) is 6.20. The first-order chi connectivity index (χ1) is 8.16. The van der Waals surface area contributed by atoms with Crippen LogP contribution in [-0.4, -0.2) is 9.55 Å². The largest absolute Gasteiger partial charge is 0.296 e. The van der Waals surface area contributed by atoms with Crippen molar-refractivity contribution in [3.63, 3.8) is 0 Å². The summed E-state index contributed by atoms with van der Waals surface area (Å²) in [5, 5.41) is 0.810. The summed E-state index contributed by atoms with van der Waals surface area (Å²) in [7, 11) is 0. The molecule has 4 heteroatoms. The molecule has 0 spiro atoms. The third-order valence-electron chi connectivity index (χ3n) is 3.35. The van der Waals surface area contributed by atoms with Crippen LogP contribution in [0, 0.1) is 0 Å². The van der Waals surface area contributed by atoms with Gasteiger partial charge in [-0.2, -0.15) is 0 Å².